The highest BCUT2D eigenvalue weighted by Gasteiger charge is 2.05. The Morgan fingerprint density at radius 2 is 1.92 bits per heavy atom. The van der Waals surface area contributed by atoms with E-state index in [0.29, 0.717) is 12.5 Å². The van der Waals surface area contributed by atoms with Crippen LogP contribution in [0.2, 0.25) is 0 Å². The molecule has 2 N–H and O–H groups in total. The number of anilines is 3. The topological polar surface area (TPSA) is 62.7 Å². The smallest absolute Gasteiger partial charge is 0.225 e. The summed E-state index contributed by atoms with van der Waals surface area (Å²) < 4.78 is 1.06. The van der Waals surface area contributed by atoms with Crippen molar-refractivity contribution in [2.45, 2.75) is 20.4 Å². The SMILES string of the molecule is Cc1cc(Nc2ccc(Br)cc2C)nc(NCc2ccccn2)n1. The molecule has 0 saturated carbocycles. The Balaban J connectivity index is 1.76. The Labute approximate surface area is 149 Å². The molecule has 5 nitrogen and oxygen atoms in total. The van der Waals surface area contributed by atoms with E-state index in [0.717, 1.165) is 32.9 Å². The van der Waals surface area contributed by atoms with Gasteiger partial charge in [0, 0.05) is 28.1 Å². The highest BCUT2D eigenvalue weighted by atomic mass is 79.9. The molecule has 0 fully saturated rings. The van der Waals surface area contributed by atoms with Gasteiger partial charge in [0.05, 0.1) is 12.2 Å². The first-order valence-corrected chi connectivity index (χ1v) is 8.42. The van der Waals surface area contributed by atoms with Crippen molar-refractivity contribution in [1.29, 1.82) is 0 Å². The summed E-state index contributed by atoms with van der Waals surface area (Å²) in [7, 11) is 0. The molecule has 1 aromatic carbocycles. The lowest BCUT2D eigenvalue weighted by Crippen LogP contribution is -2.07. The van der Waals surface area contributed by atoms with Crippen molar-refractivity contribution in [2.24, 2.45) is 0 Å². The van der Waals surface area contributed by atoms with Gasteiger partial charge in [-0.25, -0.2) is 4.98 Å². The molecule has 0 aliphatic heterocycles. The average Bonchev–Trinajstić information content (AvgIpc) is 2.56. The van der Waals surface area contributed by atoms with Crippen molar-refractivity contribution in [1.82, 2.24) is 15.0 Å². The molecule has 6 heteroatoms. The van der Waals surface area contributed by atoms with E-state index >= 15 is 0 Å². The van der Waals surface area contributed by atoms with Crippen LogP contribution in [0, 0.1) is 13.8 Å². The summed E-state index contributed by atoms with van der Waals surface area (Å²) in [4.78, 5) is 13.3. The predicted molar refractivity (Wildman–Crippen MR) is 100 cm³/mol. The molecule has 0 bridgehead atoms. The summed E-state index contributed by atoms with van der Waals surface area (Å²) in [5.41, 5.74) is 4.00. The number of nitrogens with zero attached hydrogens (tertiary/aromatic N) is 3. The van der Waals surface area contributed by atoms with Crippen LogP contribution < -0.4 is 10.6 Å². The third-order valence-electron chi connectivity index (χ3n) is 3.46. The Kier molecular flexibility index (Phi) is 5.05. The molecule has 0 spiro atoms. The van der Waals surface area contributed by atoms with Crippen LogP contribution in [0.25, 0.3) is 0 Å². The lowest BCUT2D eigenvalue weighted by molar-refractivity contribution is 0.991. The minimum absolute atomic E-state index is 0.581. The maximum absolute atomic E-state index is 4.53. The van der Waals surface area contributed by atoms with Crippen LogP contribution in [0.4, 0.5) is 17.5 Å². The fourth-order valence-corrected chi connectivity index (χ4v) is 2.76. The van der Waals surface area contributed by atoms with E-state index in [9.17, 15) is 0 Å². The van der Waals surface area contributed by atoms with Crippen molar-refractivity contribution >= 4 is 33.4 Å². The van der Waals surface area contributed by atoms with Crippen LogP contribution in [0.1, 0.15) is 17.0 Å². The minimum Gasteiger partial charge on any atom is -0.349 e. The molecule has 3 aromatic rings. The van der Waals surface area contributed by atoms with E-state index in [-0.39, 0.29) is 0 Å². The monoisotopic (exact) mass is 383 g/mol. The van der Waals surface area contributed by atoms with Crippen LogP contribution >= 0.6 is 15.9 Å². The predicted octanol–water partition coefficient (Wildman–Crippen LogP) is 4.61. The summed E-state index contributed by atoms with van der Waals surface area (Å²) in [6.45, 7) is 4.59. The van der Waals surface area contributed by atoms with Crippen molar-refractivity contribution in [3.8, 4) is 0 Å². The summed E-state index contributed by atoms with van der Waals surface area (Å²) in [5.74, 6) is 1.34. The number of halogens is 1. The van der Waals surface area contributed by atoms with Crippen molar-refractivity contribution < 1.29 is 0 Å². The first kappa shape index (κ1) is 16.4. The first-order valence-electron chi connectivity index (χ1n) is 7.63. The largest absolute Gasteiger partial charge is 0.349 e. The summed E-state index contributed by atoms with van der Waals surface area (Å²) in [6.07, 6.45) is 1.78. The van der Waals surface area contributed by atoms with E-state index < -0.39 is 0 Å². The van der Waals surface area contributed by atoms with Gasteiger partial charge in [0.15, 0.2) is 0 Å². The molecule has 2 aromatic heterocycles. The number of hydrogen-bond acceptors (Lipinski definition) is 5. The molecule has 3 rings (SSSR count). The van der Waals surface area contributed by atoms with Crippen LogP contribution in [0.3, 0.4) is 0 Å². The maximum Gasteiger partial charge on any atom is 0.225 e. The summed E-state index contributed by atoms with van der Waals surface area (Å²) in [6, 6.07) is 13.8. The Hall–Kier alpha value is -2.47. The molecule has 0 radical (unpaired) electrons. The van der Waals surface area contributed by atoms with Gasteiger partial charge >= 0.3 is 0 Å². The molecule has 2 heterocycles. The van der Waals surface area contributed by atoms with E-state index in [1.54, 1.807) is 6.20 Å². The number of aromatic nitrogens is 3. The number of hydrogen-bond donors (Lipinski definition) is 2. The van der Waals surface area contributed by atoms with Crippen LogP contribution in [0.5, 0.6) is 0 Å². The number of nitrogens with one attached hydrogen (secondary N) is 2. The quantitative estimate of drug-likeness (QED) is 0.673. The average molecular weight is 384 g/mol. The Morgan fingerprint density at radius 3 is 2.67 bits per heavy atom. The minimum atomic E-state index is 0.581. The first-order chi connectivity index (χ1) is 11.6. The van der Waals surface area contributed by atoms with Gasteiger partial charge in [0.25, 0.3) is 0 Å². The zero-order valence-corrected chi connectivity index (χ0v) is 15.1. The third kappa shape index (κ3) is 4.29. The third-order valence-corrected chi connectivity index (χ3v) is 3.95. The molecule has 24 heavy (non-hydrogen) atoms. The van der Waals surface area contributed by atoms with Gasteiger partial charge in [-0.3, -0.25) is 4.98 Å². The van der Waals surface area contributed by atoms with Gasteiger partial charge in [-0.15, -0.1) is 0 Å². The molecule has 0 atom stereocenters. The normalized spacial score (nSPS) is 10.5. The second-order valence-electron chi connectivity index (χ2n) is 5.48. The van der Waals surface area contributed by atoms with Crippen LogP contribution in [-0.4, -0.2) is 15.0 Å². The van der Waals surface area contributed by atoms with Crippen molar-refractivity contribution in [3.63, 3.8) is 0 Å². The fraction of sp³-hybridized carbons (Fsp3) is 0.167. The number of aryl methyl sites for hydroxylation is 2. The van der Waals surface area contributed by atoms with E-state index in [1.807, 2.05) is 43.3 Å². The van der Waals surface area contributed by atoms with Gasteiger partial charge in [-0.2, -0.15) is 4.98 Å². The highest BCUT2D eigenvalue weighted by Crippen LogP contribution is 2.23. The molecule has 0 unspecified atom stereocenters. The molecule has 0 aliphatic carbocycles. The molecular weight excluding hydrogens is 366 g/mol. The number of benzene rings is 1. The van der Waals surface area contributed by atoms with Crippen molar-refractivity contribution in [3.05, 3.63) is 70.1 Å². The Bertz CT molecular complexity index is 836. The standard InChI is InChI=1S/C18H18BrN5/c1-12-9-14(19)6-7-16(12)23-17-10-13(2)22-18(24-17)21-11-15-5-3-4-8-20-15/h3-10H,11H2,1-2H3,(H2,21,22,23,24). The molecule has 0 amide bonds. The van der Waals surface area contributed by atoms with Crippen LogP contribution in [0.15, 0.2) is 53.1 Å². The molecular formula is C18H18BrN5. The van der Waals surface area contributed by atoms with E-state index in [1.165, 1.54) is 0 Å². The fourth-order valence-electron chi connectivity index (χ4n) is 2.29. The molecule has 0 saturated heterocycles. The molecule has 0 aliphatic rings. The van der Waals surface area contributed by atoms with Gasteiger partial charge in [-0.05, 0) is 49.7 Å². The zero-order chi connectivity index (χ0) is 16.9. The van der Waals surface area contributed by atoms with Crippen LogP contribution in [-0.2, 0) is 6.54 Å². The lowest BCUT2D eigenvalue weighted by atomic mass is 10.2. The van der Waals surface area contributed by atoms with E-state index in [4.69, 9.17) is 0 Å². The summed E-state index contributed by atoms with van der Waals surface area (Å²) >= 11 is 3.48. The maximum atomic E-state index is 4.53. The molecule has 122 valence electrons. The second kappa shape index (κ2) is 7.40. The van der Waals surface area contributed by atoms with Gasteiger partial charge in [-0.1, -0.05) is 22.0 Å². The van der Waals surface area contributed by atoms with E-state index in [2.05, 4.69) is 54.5 Å². The number of pyridine rings is 1. The summed E-state index contributed by atoms with van der Waals surface area (Å²) in [5, 5.41) is 6.57. The lowest BCUT2D eigenvalue weighted by Gasteiger charge is -2.12. The number of rotatable bonds is 5. The zero-order valence-electron chi connectivity index (χ0n) is 13.5. The van der Waals surface area contributed by atoms with Crippen molar-refractivity contribution in [2.75, 3.05) is 10.6 Å². The highest BCUT2D eigenvalue weighted by molar-refractivity contribution is 9.10. The van der Waals surface area contributed by atoms with Gasteiger partial charge in [0.1, 0.15) is 5.82 Å². The Morgan fingerprint density at radius 1 is 1.04 bits per heavy atom. The van der Waals surface area contributed by atoms with Gasteiger partial charge < -0.3 is 10.6 Å². The second-order valence-corrected chi connectivity index (χ2v) is 6.39. The van der Waals surface area contributed by atoms with Gasteiger partial charge in [0.2, 0.25) is 5.95 Å².